The Kier molecular flexibility index (Phi) is 5.27. The first-order valence-electron chi connectivity index (χ1n) is 9.75. The summed E-state index contributed by atoms with van der Waals surface area (Å²) < 4.78 is 11.3. The number of rotatable bonds is 5. The molecule has 0 saturated carbocycles. The van der Waals surface area contributed by atoms with E-state index < -0.39 is 6.10 Å². The van der Waals surface area contributed by atoms with Crippen molar-refractivity contribution in [2.45, 2.75) is 51.4 Å². The van der Waals surface area contributed by atoms with Gasteiger partial charge in [0.05, 0.1) is 12.6 Å². The minimum absolute atomic E-state index is 0.0354. The van der Waals surface area contributed by atoms with Crippen LogP contribution < -0.4 is 5.56 Å². The third-order valence-corrected chi connectivity index (χ3v) is 5.40. The van der Waals surface area contributed by atoms with Gasteiger partial charge in [0.15, 0.2) is 0 Å². The van der Waals surface area contributed by atoms with E-state index in [0.717, 1.165) is 48.8 Å². The van der Waals surface area contributed by atoms with Gasteiger partial charge in [-0.1, -0.05) is 11.6 Å². The molecule has 3 heterocycles. The van der Waals surface area contributed by atoms with Crippen molar-refractivity contribution in [1.82, 2.24) is 9.88 Å². The molecule has 1 N–H and O–H groups in total. The summed E-state index contributed by atoms with van der Waals surface area (Å²) in [6.07, 6.45) is 3.25. The van der Waals surface area contributed by atoms with Gasteiger partial charge in [0.2, 0.25) is 0 Å². The molecule has 27 heavy (non-hydrogen) atoms. The van der Waals surface area contributed by atoms with Crippen molar-refractivity contribution in [2.75, 3.05) is 19.8 Å². The lowest BCUT2D eigenvalue weighted by atomic mass is 10.1. The Labute approximate surface area is 158 Å². The van der Waals surface area contributed by atoms with Crippen LogP contribution in [-0.2, 0) is 20.8 Å². The van der Waals surface area contributed by atoms with Crippen molar-refractivity contribution in [3.63, 3.8) is 0 Å². The van der Waals surface area contributed by atoms with Crippen molar-refractivity contribution in [2.24, 2.45) is 0 Å². The largest absolute Gasteiger partial charge is 0.376 e. The molecule has 2 atom stereocenters. The van der Waals surface area contributed by atoms with Crippen molar-refractivity contribution >= 4 is 16.8 Å². The number of aryl methyl sites for hydroxylation is 1. The third-order valence-electron chi connectivity index (χ3n) is 5.40. The second kappa shape index (κ2) is 7.82. The summed E-state index contributed by atoms with van der Waals surface area (Å²) in [4.78, 5) is 30.3. The number of H-pyrrole nitrogens is 1. The van der Waals surface area contributed by atoms with Gasteiger partial charge in [0, 0.05) is 30.8 Å². The van der Waals surface area contributed by atoms with E-state index in [1.165, 1.54) is 0 Å². The number of fused-ring (bicyclic) bond motifs is 1. The fourth-order valence-corrected chi connectivity index (χ4v) is 3.94. The van der Waals surface area contributed by atoms with Gasteiger partial charge in [-0.15, -0.1) is 0 Å². The molecule has 2 aliphatic rings. The Morgan fingerprint density at radius 3 is 2.74 bits per heavy atom. The van der Waals surface area contributed by atoms with Crippen LogP contribution in [-0.4, -0.2) is 47.8 Å². The molecule has 0 radical (unpaired) electrons. The molecule has 0 spiro atoms. The predicted molar refractivity (Wildman–Crippen MR) is 103 cm³/mol. The molecular formula is C21H26N2O4. The highest BCUT2D eigenvalue weighted by atomic mass is 16.5. The highest BCUT2D eigenvalue weighted by molar-refractivity contribution is 5.82. The summed E-state index contributed by atoms with van der Waals surface area (Å²) in [7, 11) is 0. The summed E-state index contributed by atoms with van der Waals surface area (Å²) >= 11 is 0. The van der Waals surface area contributed by atoms with Gasteiger partial charge in [-0.3, -0.25) is 9.59 Å². The SMILES string of the molecule is Cc1ccc2[nH]c(=O)c(CN(CC3CCCO3)C(=O)C3CCCO3)cc2c1. The average molecular weight is 370 g/mol. The van der Waals surface area contributed by atoms with E-state index in [9.17, 15) is 9.59 Å². The Balaban J connectivity index is 1.61. The van der Waals surface area contributed by atoms with Crippen LogP contribution in [0.2, 0.25) is 0 Å². The van der Waals surface area contributed by atoms with E-state index in [-0.39, 0.29) is 24.1 Å². The molecule has 1 aromatic heterocycles. The third kappa shape index (κ3) is 4.06. The van der Waals surface area contributed by atoms with E-state index in [1.807, 2.05) is 31.2 Å². The van der Waals surface area contributed by atoms with Crippen LogP contribution >= 0.6 is 0 Å². The van der Waals surface area contributed by atoms with E-state index >= 15 is 0 Å². The molecule has 0 aliphatic carbocycles. The molecule has 2 fully saturated rings. The number of hydrogen-bond acceptors (Lipinski definition) is 4. The molecule has 2 unspecified atom stereocenters. The summed E-state index contributed by atoms with van der Waals surface area (Å²) in [6.45, 7) is 4.17. The second-order valence-electron chi connectivity index (χ2n) is 7.57. The Bertz CT molecular complexity index is 879. The van der Waals surface area contributed by atoms with Crippen molar-refractivity contribution in [3.05, 3.63) is 45.7 Å². The van der Waals surface area contributed by atoms with Gasteiger partial charge >= 0.3 is 0 Å². The molecule has 2 aromatic rings. The first-order valence-corrected chi connectivity index (χ1v) is 9.75. The molecule has 144 valence electrons. The van der Waals surface area contributed by atoms with Gasteiger partial charge in [-0.2, -0.15) is 0 Å². The summed E-state index contributed by atoms with van der Waals surface area (Å²) in [5.74, 6) is -0.0354. The molecule has 6 heteroatoms. The van der Waals surface area contributed by atoms with Crippen LogP contribution in [0.4, 0.5) is 0 Å². The maximum Gasteiger partial charge on any atom is 0.253 e. The zero-order valence-corrected chi connectivity index (χ0v) is 15.7. The van der Waals surface area contributed by atoms with Crippen LogP contribution in [0.25, 0.3) is 10.9 Å². The van der Waals surface area contributed by atoms with E-state index in [2.05, 4.69) is 4.98 Å². The Hall–Kier alpha value is -2.18. The lowest BCUT2D eigenvalue weighted by molar-refractivity contribution is -0.143. The maximum atomic E-state index is 13.0. The molecule has 6 nitrogen and oxygen atoms in total. The van der Waals surface area contributed by atoms with Gasteiger partial charge in [-0.25, -0.2) is 0 Å². The topological polar surface area (TPSA) is 71.6 Å². The number of nitrogens with one attached hydrogen (secondary N) is 1. The number of ether oxygens (including phenoxy) is 2. The number of carbonyl (C=O) groups excluding carboxylic acids is 1. The van der Waals surface area contributed by atoms with Gasteiger partial charge in [0.1, 0.15) is 6.10 Å². The number of amides is 1. The van der Waals surface area contributed by atoms with Crippen molar-refractivity contribution in [1.29, 1.82) is 0 Å². The summed E-state index contributed by atoms with van der Waals surface area (Å²) in [5, 5.41) is 0.978. The van der Waals surface area contributed by atoms with Crippen LogP contribution in [0.15, 0.2) is 29.1 Å². The highest BCUT2D eigenvalue weighted by Gasteiger charge is 2.31. The highest BCUT2D eigenvalue weighted by Crippen LogP contribution is 2.20. The zero-order valence-electron chi connectivity index (χ0n) is 15.7. The molecular weight excluding hydrogens is 344 g/mol. The fraction of sp³-hybridized carbons (Fsp3) is 0.524. The lowest BCUT2D eigenvalue weighted by Crippen LogP contribution is -2.43. The monoisotopic (exact) mass is 370 g/mol. The Morgan fingerprint density at radius 1 is 1.19 bits per heavy atom. The minimum Gasteiger partial charge on any atom is -0.376 e. The summed E-state index contributed by atoms with van der Waals surface area (Å²) in [5.41, 5.74) is 2.39. The predicted octanol–water partition coefficient (Wildman–Crippen LogP) is 2.52. The first-order chi connectivity index (χ1) is 13.1. The average Bonchev–Trinajstić information content (AvgIpc) is 3.35. The zero-order chi connectivity index (χ0) is 18.8. The molecule has 2 aliphatic heterocycles. The standard InChI is InChI=1S/C21H26N2O4/c1-14-6-7-18-15(10-14)11-16(20(24)22-18)12-23(13-17-4-2-8-26-17)21(25)19-5-3-9-27-19/h6-7,10-11,17,19H,2-5,8-9,12-13H2,1H3,(H,22,24). The van der Waals surface area contributed by atoms with Crippen molar-refractivity contribution in [3.8, 4) is 0 Å². The van der Waals surface area contributed by atoms with Crippen LogP contribution in [0.3, 0.4) is 0 Å². The quantitative estimate of drug-likeness (QED) is 0.878. The number of pyridine rings is 1. The van der Waals surface area contributed by atoms with Crippen LogP contribution in [0, 0.1) is 6.92 Å². The maximum absolute atomic E-state index is 13.0. The number of benzene rings is 1. The number of aromatic amines is 1. The Morgan fingerprint density at radius 2 is 2.00 bits per heavy atom. The van der Waals surface area contributed by atoms with E-state index in [4.69, 9.17) is 9.47 Å². The number of nitrogens with zero attached hydrogens (tertiary/aromatic N) is 1. The number of aromatic nitrogens is 1. The van der Waals surface area contributed by atoms with Gasteiger partial charge in [0.25, 0.3) is 11.5 Å². The lowest BCUT2D eigenvalue weighted by Gasteiger charge is -2.27. The normalized spacial score (nSPS) is 22.4. The summed E-state index contributed by atoms with van der Waals surface area (Å²) in [6, 6.07) is 7.83. The molecule has 4 rings (SSSR count). The van der Waals surface area contributed by atoms with Crippen LogP contribution in [0.5, 0.6) is 0 Å². The smallest absolute Gasteiger partial charge is 0.253 e. The number of carbonyl (C=O) groups is 1. The van der Waals surface area contributed by atoms with Crippen molar-refractivity contribution < 1.29 is 14.3 Å². The minimum atomic E-state index is -0.395. The fourth-order valence-electron chi connectivity index (χ4n) is 3.94. The first kappa shape index (κ1) is 18.2. The molecule has 1 amide bonds. The van der Waals surface area contributed by atoms with E-state index in [1.54, 1.807) is 4.90 Å². The van der Waals surface area contributed by atoms with Gasteiger partial charge < -0.3 is 19.4 Å². The number of hydrogen-bond donors (Lipinski definition) is 1. The van der Waals surface area contributed by atoms with Crippen LogP contribution in [0.1, 0.15) is 36.8 Å². The van der Waals surface area contributed by atoms with Gasteiger partial charge in [-0.05, 0) is 56.2 Å². The second-order valence-corrected chi connectivity index (χ2v) is 7.57. The van der Waals surface area contributed by atoms with E-state index in [0.29, 0.717) is 18.7 Å². The molecule has 0 bridgehead atoms. The molecule has 1 aromatic carbocycles. The molecule has 2 saturated heterocycles.